The van der Waals surface area contributed by atoms with Crippen molar-refractivity contribution in [2.45, 2.75) is 19.9 Å². The summed E-state index contributed by atoms with van der Waals surface area (Å²) in [4.78, 5) is 27.9. The van der Waals surface area contributed by atoms with Gasteiger partial charge in [0.1, 0.15) is 6.61 Å². The third kappa shape index (κ3) is 3.57. The molecule has 0 unspecified atom stereocenters. The zero-order valence-electron chi connectivity index (χ0n) is 15.0. The van der Waals surface area contributed by atoms with Crippen LogP contribution in [-0.4, -0.2) is 36.7 Å². The Kier molecular flexibility index (Phi) is 4.66. The number of halogens is 1. The molecule has 3 amide bonds. The maximum absolute atomic E-state index is 12.7. The lowest BCUT2D eigenvalue weighted by atomic mass is 10.0. The van der Waals surface area contributed by atoms with E-state index in [1.54, 1.807) is 9.80 Å². The minimum Gasteiger partial charge on any atom is -0.447 e. The first-order valence-electron chi connectivity index (χ1n) is 8.89. The molecule has 0 bridgehead atoms. The van der Waals surface area contributed by atoms with Crippen LogP contribution in [0.5, 0.6) is 0 Å². The van der Waals surface area contributed by atoms with Crippen LogP contribution in [-0.2, 0) is 17.7 Å². The Hall–Kier alpha value is -2.73. The van der Waals surface area contributed by atoms with Crippen LogP contribution >= 0.6 is 11.6 Å². The average molecular weight is 386 g/mol. The van der Waals surface area contributed by atoms with Crippen molar-refractivity contribution in [1.82, 2.24) is 4.90 Å². The average Bonchev–Trinajstić information content (AvgIpc) is 3.08. The third-order valence-corrected chi connectivity index (χ3v) is 5.21. The summed E-state index contributed by atoms with van der Waals surface area (Å²) in [6.07, 6.45) is 0.426. The third-order valence-electron chi connectivity index (χ3n) is 4.98. The van der Waals surface area contributed by atoms with Crippen molar-refractivity contribution in [3.63, 3.8) is 0 Å². The molecular weight excluding hydrogens is 366 g/mol. The maximum Gasteiger partial charge on any atom is 0.414 e. The Morgan fingerprint density at radius 2 is 2.00 bits per heavy atom. The lowest BCUT2D eigenvalue weighted by Gasteiger charge is -2.29. The summed E-state index contributed by atoms with van der Waals surface area (Å²) < 4.78 is 5.01. The van der Waals surface area contributed by atoms with Crippen molar-refractivity contribution in [3.05, 3.63) is 58.1 Å². The quantitative estimate of drug-likeness (QED) is 0.842. The standard InChI is InChI=1S/C20H20ClN3O3/c1-13-2-5-17(11-18(13)24-8-9-27-20(24)26)22-19(25)23-7-6-14-10-16(21)4-3-15(14)12-23/h2-5,10-11H,6-9,12H2,1H3,(H,22,25). The highest BCUT2D eigenvalue weighted by Gasteiger charge is 2.26. The number of anilines is 2. The van der Waals surface area contributed by atoms with Crippen molar-refractivity contribution in [3.8, 4) is 0 Å². The number of hydrogen-bond donors (Lipinski definition) is 1. The van der Waals surface area contributed by atoms with Crippen LogP contribution in [0.2, 0.25) is 5.02 Å². The molecular formula is C20H20ClN3O3. The summed E-state index contributed by atoms with van der Waals surface area (Å²) in [6, 6.07) is 11.2. The van der Waals surface area contributed by atoms with Gasteiger partial charge in [0.05, 0.1) is 12.2 Å². The van der Waals surface area contributed by atoms with E-state index in [2.05, 4.69) is 5.32 Å². The second-order valence-corrected chi connectivity index (χ2v) is 7.22. The topological polar surface area (TPSA) is 61.9 Å². The van der Waals surface area contributed by atoms with Gasteiger partial charge in [-0.3, -0.25) is 4.90 Å². The van der Waals surface area contributed by atoms with Crippen molar-refractivity contribution >= 4 is 35.1 Å². The van der Waals surface area contributed by atoms with Gasteiger partial charge in [0, 0.05) is 23.8 Å². The molecule has 0 aromatic heterocycles. The number of carbonyl (C=O) groups excluding carboxylic acids is 2. The minimum atomic E-state index is -0.354. The Balaban J connectivity index is 1.48. The number of nitrogens with one attached hydrogen (secondary N) is 1. The SMILES string of the molecule is Cc1ccc(NC(=O)N2CCc3cc(Cl)ccc3C2)cc1N1CCOC1=O. The van der Waals surface area contributed by atoms with Crippen molar-refractivity contribution in [2.24, 2.45) is 0 Å². The summed E-state index contributed by atoms with van der Waals surface area (Å²) in [5.74, 6) is 0. The molecule has 140 valence electrons. The Labute approximate surface area is 162 Å². The van der Waals surface area contributed by atoms with E-state index in [0.717, 1.165) is 28.3 Å². The number of carbonyl (C=O) groups is 2. The fourth-order valence-electron chi connectivity index (χ4n) is 3.49. The molecule has 2 aromatic carbocycles. The first kappa shape index (κ1) is 17.7. The number of nitrogens with zero attached hydrogens (tertiary/aromatic N) is 2. The van der Waals surface area contributed by atoms with Gasteiger partial charge in [-0.2, -0.15) is 0 Å². The molecule has 0 radical (unpaired) electrons. The molecule has 6 nitrogen and oxygen atoms in total. The van der Waals surface area contributed by atoms with Gasteiger partial charge in [-0.05, 0) is 54.3 Å². The Bertz CT molecular complexity index is 915. The van der Waals surface area contributed by atoms with Crippen molar-refractivity contribution in [2.75, 3.05) is 29.9 Å². The summed E-state index contributed by atoms with van der Waals surface area (Å²) in [5, 5.41) is 3.66. The number of urea groups is 1. The molecule has 0 aliphatic carbocycles. The van der Waals surface area contributed by atoms with E-state index in [9.17, 15) is 9.59 Å². The molecule has 0 spiro atoms. The number of rotatable bonds is 2. The number of ether oxygens (including phenoxy) is 1. The largest absolute Gasteiger partial charge is 0.447 e. The second-order valence-electron chi connectivity index (χ2n) is 6.78. The highest BCUT2D eigenvalue weighted by molar-refractivity contribution is 6.30. The molecule has 1 N–H and O–H groups in total. The molecule has 7 heteroatoms. The van der Waals surface area contributed by atoms with Gasteiger partial charge in [0.2, 0.25) is 0 Å². The Morgan fingerprint density at radius 3 is 2.78 bits per heavy atom. The van der Waals surface area contributed by atoms with Gasteiger partial charge in [-0.25, -0.2) is 9.59 Å². The van der Waals surface area contributed by atoms with E-state index in [-0.39, 0.29) is 12.1 Å². The molecule has 2 heterocycles. The van der Waals surface area contributed by atoms with Gasteiger partial charge in [0.25, 0.3) is 0 Å². The normalized spacial score (nSPS) is 16.1. The number of amides is 3. The van der Waals surface area contributed by atoms with Crippen molar-refractivity contribution < 1.29 is 14.3 Å². The van der Waals surface area contributed by atoms with Gasteiger partial charge in [-0.15, -0.1) is 0 Å². The van der Waals surface area contributed by atoms with Crippen LogP contribution in [0.15, 0.2) is 36.4 Å². The number of cyclic esters (lactones) is 1. The zero-order valence-corrected chi connectivity index (χ0v) is 15.8. The minimum absolute atomic E-state index is 0.158. The van der Waals surface area contributed by atoms with Gasteiger partial charge in [0.15, 0.2) is 0 Å². The smallest absolute Gasteiger partial charge is 0.414 e. The van der Waals surface area contributed by atoms with Gasteiger partial charge >= 0.3 is 12.1 Å². The van der Waals surface area contributed by atoms with Gasteiger partial charge < -0.3 is 15.0 Å². The highest BCUT2D eigenvalue weighted by Crippen LogP contribution is 2.28. The zero-order chi connectivity index (χ0) is 19.0. The van der Waals surface area contributed by atoms with E-state index in [1.165, 1.54) is 5.56 Å². The van der Waals surface area contributed by atoms with Crippen LogP contribution in [0.25, 0.3) is 0 Å². The first-order valence-corrected chi connectivity index (χ1v) is 9.27. The monoisotopic (exact) mass is 385 g/mol. The summed E-state index contributed by atoms with van der Waals surface area (Å²) in [6.45, 7) is 4.01. The van der Waals surface area contributed by atoms with E-state index in [0.29, 0.717) is 31.9 Å². The van der Waals surface area contributed by atoms with E-state index in [4.69, 9.17) is 16.3 Å². The number of aryl methyl sites for hydroxylation is 1. The van der Waals surface area contributed by atoms with Crippen LogP contribution in [0.4, 0.5) is 21.0 Å². The molecule has 1 saturated heterocycles. The molecule has 4 rings (SSSR count). The molecule has 0 atom stereocenters. The van der Waals surface area contributed by atoms with Crippen LogP contribution in [0, 0.1) is 6.92 Å². The summed E-state index contributed by atoms with van der Waals surface area (Å²) in [7, 11) is 0. The van der Waals surface area contributed by atoms with E-state index >= 15 is 0 Å². The van der Waals surface area contributed by atoms with Gasteiger partial charge in [-0.1, -0.05) is 23.7 Å². The van der Waals surface area contributed by atoms with Crippen LogP contribution < -0.4 is 10.2 Å². The summed E-state index contributed by atoms with van der Waals surface area (Å²) in [5.41, 5.74) is 4.67. The second kappa shape index (κ2) is 7.12. The predicted octanol–water partition coefficient (Wildman–Crippen LogP) is 4.20. The highest BCUT2D eigenvalue weighted by atomic mass is 35.5. The number of benzene rings is 2. The van der Waals surface area contributed by atoms with Crippen LogP contribution in [0.3, 0.4) is 0 Å². The lowest BCUT2D eigenvalue weighted by molar-refractivity contribution is 0.181. The number of fused-ring (bicyclic) bond motifs is 1. The van der Waals surface area contributed by atoms with Crippen molar-refractivity contribution in [1.29, 1.82) is 0 Å². The summed E-state index contributed by atoms with van der Waals surface area (Å²) >= 11 is 6.04. The fraction of sp³-hybridized carbons (Fsp3) is 0.300. The van der Waals surface area contributed by atoms with E-state index in [1.807, 2.05) is 43.3 Å². The van der Waals surface area contributed by atoms with Crippen LogP contribution in [0.1, 0.15) is 16.7 Å². The number of hydrogen-bond acceptors (Lipinski definition) is 3. The lowest BCUT2D eigenvalue weighted by Crippen LogP contribution is -2.38. The first-order chi connectivity index (χ1) is 13.0. The molecule has 0 saturated carbocycles. The Morgan fingerprint density at radius 1 is 1.15 bits per heavy atom. The maximum atomic E-state index is 12.7. The molecule has 2 aliphatic heterocycles. The predicted molar refractivity (Wildman–Crippen MR) is 104 cm³/mol. The fourth-order valence-corrected chi connectivity index (χ4v) is 3.68. The molecule has 1 fully saturated rings. The molecule has 2 aliphatic rings. The molecule has 27 heavy (non-hydrogen) atoms. The molecule has 2 aromatic rings. The van der Waals surface area contributed by atoms with E-state index < -0.39 is 0 Å².